The summed E-state index contributed by atoms with van der Waals surface area (Å²) >= 11 is 1.42. The lowest BCUT2D eigenvalue weighted by Gasteiger charge is -2.15. The number of primary amides is 1. The SMILES string of the molecule is CC1(C)Cc2snc(C(N)=O)c2C1. The number of aromatic nitrogens is 1. The molecule has 0 bridgehead atoms. The average molecular weight is 196 g/mol. The molecule has 0 unspecified atom stereocenters. The molecule has 0 fully saturated rings. The second-order valence-corrected chi connectivity index (χ2v) is 5.17. The number of fused-ring (bicyclic) bond motifs is 1. The molecular weight excluding hydrogens is 184 g/mol. The van der Waals surface area contributed by atoms with Gasteiger partial charge in [0.15, 0.2) is 0 Å². The number of nitrogens with two attached hydrogens (primary N) is 1. The monoisotopic (exact) mass is 196 g/mol. The molecule has 1 amide bonds. The molecule has 1 heterocycles. The summed E-state index contributed by atoms with van der Waals surface area (Å²) in [4.78, 5) is 12.2. The first-order valence-corrected chi connectivity index (χ1v) is 5.04. The zero-order valence-corrected chi connectivity index (χ0v) is 8.57. The van der Waals surface area contributed by atoms with Crippen LogP contribution in [-0.2, 0) is 12.8 Å². The van der Waals surface area contributed by atoms with Gasteiger partial charge >= 0.3 is 0 Å². The van der Waals surface area contributed by atoms with Crippen molar-refractivity contribution in [2.24, 2.45) is 11.1 Å². The summed E-state index contributed by atoms with van der Waals surface area (Å²) in [5, 5.41) is 0. The number of hydrogen-bond donors (Lipinski definition) is 1. The Morgan fingerprint density at radius 1 is 1.54 bits per heavy atom. The van der Waals surface area contributed by atoms with Crippen LogP contribution in [0.2, 0.25) is 0 Å². The van der Waals surface area contributed by atoms with E-state index in [1.807, 2.05) is 0 Å². The van der Waals surface area contributed by atoms with Gasteiger partial charge in [-0.2, -0.15) is 4.37 Å². The molecule has 3 nitrogen and oxygen atoms in total. The third kappa shape index (κ3) is 1.35. The number of rotatable bonds is 1. The summed E-state index contributed by atoms with van der Waals surface area (Å²) in [7, 11) is 0. The van der Waals surface area contributed by atoms with Gasteiger partial charge in [0.2, 0.25) is 0 Å². The van der Waals surface area contributed by atoms with Crippen molar-refractivity contribution in [3.8, 4) is 0 Å². The highest BCUT2D eigenvalue weighted by Gasteiger charge is 2.33. The van der Waals surface area contributed by atoms with E-state index in [1.165, 1.54) is 16.4 Å². The first kappa shape index (κ1) is 8.69. The number of hydrogen-bond acceptors (Lipinski definition) is 3. The fourth-order valence-electron chi connectivity index (χ4n) is 1.83. The molecule has 0 aromatic carbocycles. The van der Waals surface area contributed by atoms with Gasteiger partial charge in [-0.25, -0.2) is 0 Å². The van der Waals surface area contributed by atoms with Crippen molar-refractivity contribution in [3.05, 3.63) is 16.1 Å². The average Bonchev–Trinajstić information content (AvgIpc) is 2.41. The van der Waals surface area contributed by atoms with Gasteiger partial charge in [-0.3, -0.25) is 4.79 Å². The summed E-state index contributed by atoms with van der Waals surface area (Å²) in [5.41, 5.74) is 7.07. The second kappa shape index (κ2) is 2.54. The molecule has 1 aromatic rings. The molecule has 1 aromatic heterocycles. The van der Waals surface area contributed by atoms with Crippen LogP contribution in [0.3, 0.4) is 0 Å². The molecule has 0 saturated heterocycles. The third-order valence-corrected chi connectivity index (χ3v) is 3.28. The highest BCUT2D eigenvalue weighted by molar-refractivity contribution is 7.06. The molecule has 4 heteroatoms. The van der Waals surface area contributed by atoms with Crippen LogP contribution in [0.15, 0.2) is 0 Å². The van der Waals surface area contributed by atoms with E-state index < -0.39 is 5.91 Å². The second-order valence-electron chi connectivity index (χ2n) is 4.31. The van der Waals surface area contributed by atoms with Crippen LogP contribution < -0.4 is 5.73 Å². The van der Waals surface area contributed by atoms with Crippen molar-refractivity contribution in [3.63, 3.8) is 0 Å². The molecule has 13 heavy (non-hydrogen) atoms. The van der Waals surface area contributed by atoms with E-state index in [-0.39, 0.29) is 5.41 Å². The van der Waals surface area contributed by atoms with E-state index in [4.69, 9.17) is 5.73 Å². The highest BCUT2D eigenvalue weighted by atomic mass is 32.1. The Labute approximate surface area is 81.1 Å². The van der Waals surface area contributed by atoms with E-state index in [1.54, 1.807) is 0 Å². The van der Waals surface area contributed by atoms with Crippen molar-refractivity contribution < 1.29 is 4.79 Å². The summed E-state index contributed by atoms with van der Waals surface area (Å²) < 4.78 is 4.07. The maximum absolute atomic E-state index is 11.0. The predicted molar refractivity (Wildman–Crippen MR) is 51.8 cm³/mol. The van der Waals surface area contributed by atoms with Crippen LogP contribution in [0, 0.1) is 5.41 Å². The Morgan fingerprint density at radius 3 is 2.85 bits per heavy atom. The largest absolute Gasteiger partial charge is 0.364 e. The van der Waals surface area contributed by atoms with E-state index >= 15 is 0 Å². The molecule has 0 saturated carbocycles. The van der Waals surface area contributed by atoms with Crippen molar-refractivity contribution in [1.82, 2.24) is 4.37 Å². The summed E-state index contributed by atoms with van der Waals surface area (Å²) in [5.74, 6) is -0.393. The fraction of sp³-hybridized carbons (Fsp3) is 0.556. The quantitative estimate of drug-likeness (QED) is 0.737. The normalized spacial score (nSPS) is 18.6. The maximum atomic E-state index is 11.0. The van der Waals surface area contributed by atoms with Gasteiger partial charge in [0, 0.05) is 4.88 Å². The van der Waals surface area contributed by atoms with Gasteiger partial charge in [-0.05, 0) is 35.4 Å². The fourth-order valence-corrected chi connectivity index (χ4v) is 2.97. The van der Waals surface area contributed by atoms with Crippen LogP contribution in [0.25, 0.3) is 0 Å². The Morgan fingerprint density at radius 2 is 2.23 bits per heavy atom. The molecule has 70 valence electrons. The summed E-state index contributed by atoms with van der Waals surface area (Å²) in [6.07, 6.45) is 1.95. The van der Waals surface area contributed by atoms with Gasteiger partial charge in [0.05, 0.1) is 0 Å². The van der Waals surface area contributed by atoms with E-state index in [0.717, 1.165) is 18.4 Å². The van der Waals surface area contributed by atoms with Crippen molar-refractivity contribution in [1.29, 1.82) is 0 Å². The van der Waals surface area contributed by atoms with Gasteiger partial charge in [0.25, 0.3) is 5.91 Å². The first-order chi connectivity index (χ1) is 5.99. The number of carbonyl (C=O) groups is 1. The Kier molecular flexibility index (Phi) is 1.70. The number of carbonyl (C=O) groups excluding carboxylic acids is 1. The highest BCUT2D eigenvalue weighted by Crippen LogP contribution is 2.39. The third-order valence-electron chi connectivity index (χ3n) is 2.40. The predicted octanol–water partition coefficient (Wildman–Crippen LogP) is 1.37. The molecule has 0 radical (unpaired) electrons. The summed E-state index contributed by atoms with van der Waals surface area (Å²) in [6, 6.07) is 0. The standard InChI is InChI=1S/C9H12N2OS/c1-9(2)3-5-6(4-9)13-11-7(5)8(10)12/h3-4H2,1-2H3,(H2,10,12). The van der Waals surface area contributed by atoms with Crippen LogP contribution in [0.1, 0.15) is 34.8 Å². The Bertz CT molecular complexity index is 368. The number of nitrogens with zero attached hydrogens (tertiary/aromatic N) is 1. The maximum Gasteiger partial charge on any atom is 0.268 e. The van der Waals surface area contributed by atoms with Crippen molar-refractivity contribution >= 4 is 17.4 Å². The molecule has 0 atom stereocenters. The molecular formula is C9H12N2OS. The molecule has 0 aliphatic heterocycles. The minimum atomic E-state index is -0.393. The topological polar surface area (TPSA) is 56.0 Å². The smallest absolute Gasteiger partial charge is 0.268 e. The van der Waals surface area contributed by atoms with Crippen LogP contribution in [0.4, 0.5) is 0 Å². The van der Waals surface area contributed by atoms with Gasteiger partial charge in [-0.15, -0.1) is 0 Å². The zero-order valence-electron chi connectivity index (χ0n) is 7.76. The van der Waals surface area contributed by atoms with Crippen LogP contribution in [0.5, 0.6) is 0 Å². The van der Waals surface area contributed by atoms with Gasteiger partial charge in [-0.1, -0.05) is 13.8 Å². The van der Waals surface area contributed by atoms with E-state index in [2.05, 4.69) is 18.2 Å². The van der Waals surface area contributed by atoms with Crippen molar-refractivity contribution in [2.45, 2.75) is 26.7 Å². The Hall–Kier alpha value is -0.900. The Balaban J connectivity index is 2.43. The lowest BCUT2D eigenvalue weighted by atomic mass is 9.90. The van der Waals surface area contributed by atoms with Gasteiger partial charge < -0.3 is 5.73 Å². The van der Waals surface area contributed by atoms with E-state index in [0.29, 0.717) is 5.69 Å². The minimum absolute atomic E-state index is 0.272. The lowest BCUT2D eigenvalue weighted by molar-refractivity contribution is 0.0995. The molecule has 0 spiro atoms. The molecule has 1 aliphatic carbocycles. The minimum Gasteiger partial charge on any atom is -0.364 e. The van der Waals surface area contributed by atoms with Gasteiger partial charge in [0.1, 0.15) is 5.69 Å². The lowest BCUT2D eigenvalue weighted by Crippen LogP contribution is -2.15. The van der Waals surface area contributed by atoms with Crippen LogP contribution in [-0.4, -0.2) is 10.3 Å². The number of amides is 1. The first-order valence-electron chi connectivity index (χ1n) is 4.27. The molecule has 1 aliphatic rings. The van der Waals surface area contributed by atoms with Crippen LogP contribution >= 0.6 is 11.5 Å². The molecule has 2 rings (SSSR count). The molecule has 2 N–H and O–H groups in total. The zero-order chi connectivity index (χ0) is 9.64. The van der Waals surface area contributed by atoms with Crippen molar-refractivity contribution in [2.75, 3.05) is 0 Å². The summed E-state index contributed by atoms with van der Waals surface area (Å²) in [6.45, 7) is 4.40. The van der Waals surface area contributed by atoms with E-state index in [9.17, 15) is 4.79 Å².